The predicted octanol–water partition coefficient (Wildman–Crippen LogP) is 1.14. The van der Waals surface area contributed by atoms with Gasteiger partial charge in [-0.15, -0.1) is 0 Å². The zero-order chi connectivity index (χ0) is 8.27. The van der Waals surface area contributed by atoms with Crippen molar-refractivity contribution in [3.05, 3.63) is 24.0 Å². The van der Waals surface area contributed by atoms with E-state index in [1.807, 2.05) is 0 Å². The Morgan fingerprint density at radius 1 is 1.64 bits per heavy atom. The maximum absolute atomic E-state index is 9.23. The summed E-state index contributed by atoms with van der Waals surface area (Å²) in [6, 6.07) is 1.74. The topological polar surface area (TPSA) is 42.4 Å². The molecule has 0 aliphatic rings. The molecule has 1 aromatic heterocycles. The average Bonchev–Trinajstić information content (AvgIpc) is 2.04. The third-order valence-corrected chi connectivity index (χ3v) is 1.49. The smallest absolute Gasteiger partial charge is 0.142 e. The summed E-state index contributed by atoms with van der Waals surface area (Å²) in [5, 5.41) is 9.23. The first-order valence-corrected chi connectivity index (χ1v) is 3.41. The minimum Gasteiger partial charge on any atom is -0.495 e. The van der Waals surface area contributed by atoms with Gasteiger partial charge in [0.05, 0.1) is 19.4 Å². The van der Waals surface area contributed by atoms with Crippen molar-refractivity contribution in [2.24, 2.45) is 0 Å². The fourth-order valence-electron chi connectivity index (χ4n) is 0.906. The molecule has 1 rings (SSSR count). The summed E-state index contributed by atoms with van der Waals surface area (Å²) in [5.74, 6) is 0.627. The van der Waals surface area contributed by atoms with E-state index in [0.717, 1.165) is 5.56 Å². The molecule has 0 bridgehead atoms. The molecular weight excluding hydrogens is 142 g/mol. The van der Waals surface area contributed by atoms with E-state index >= 15 is 0 Å². The van der Waals surface area contributed by atoms with Crippen LogP contribution in [0.3, 0.4) is 0 Å². The maximum atomic E-state index is 9.23. The summed E-state index contributed by atoms with van der Waals surface area (Å²) in [5.41, 5.74) is 0.766. The Bertz CT molecular complexity index is 235. The summed E-state index contributed by atoms with van der Waals surface area (Å²) < 4.78 is 4.98. The van der Waals surface area contributed by atoms with Crippen molar-refractivity contribution >= 4 is 0 Å². The molecule has 1 atom stereocenters. The monoisotopic (exact) mass is 153 g/mol. The molecule has 1 N–H and O–H groups in total. The van der Waals surface area contributed by atoms with Crippen molar-refractivity contribution in [3.63, 3.8) is 0 Å². The maximum Gasteiger partial charge on any atom is 0.142 e. The first kappa shape index (κ1) is 8.01. The minimum absolute atomic E-state index is 0.507. The van der Waals surface area contributed by atoms with Crippen LogP contribution < -0.4 is 4.74 Å². The molecule has 0 unspecified atom stereocenters. The summed E-state index contributed by atoms with van der Waals surface area (Å²) >= 11 is 0. The Hall–Kier alpha value is -1.09. The van der Waals surface area contributed by atoms with Gasteiger partial charge < -0.3 is 9.84 Å². The molecule has 0 spiro atoms. The molecule has 0 saturated carbocycles. The molecule has 0 aliphatic heterocycles. The van der Waals surface area contributed by atoms with E-state index in [0.29, 0.717) is 5.75 Å². The van der Waals surface area contributed by atoms with Crippen molar-refractivity contribution in [1.29, 1.82) is 0 Å². The Balaban J connectivity index is 3.02. The third-order valence-electron chi connectivity index (χ3n) is 1.49. The van der Waals surface area contributed by atoms with Crippen molar-refractivity contribution in [1.82, 2.24) is 4.98 Å². The fraction of sp³-hybridized carbons (Fsp3) is 0.375. The molecule has 1 heterocycles. The summed E-state index contributed by atoms with van der Waals surface area (Å²) in [7, 11) is 1.56. The van der Waals surface area contributed by atoms with Crippen molar-refractivity contribution in [2.45, 2.75) is 13.0 Å². The van der Waals surface area contributed by atoms with Gasteiger partial charge in [-0.05, 0) is 13.0 Å². The Morgan fingerprint density at radius 3 is 2.82 bits per heavy atom. The molecule has 0 radical (unpaired) electrons. The van der Waals surface area contributed by atoms with E-state index in [4.69, 9.17) is 4.74 Å². The lowest BCUT2D eigenvalue weighted by Gasteiger charge is -2.08. The molecule has 3 heteroatoms. The van der Waals surface area contributed by atoms with E-state index in [1.54, 1.807) is 32.5 Å². The van der Waals surface area contributed by atoms with E-state index < -0.39 is 6.10 Å². The fourth-order valence-corrected chi connectivity index (χ4v) is 0.906. The molecule has 1 aromatic rings. The number of hydrogen-bond acceptors (Lipinski definition) is 3. The lowest BCUT2D eigenvalue weighted by molar-refractivity contribution is 0.194. The molecule has 0 aromatic carbocycles. The minimum atomic E-state index is -0.507. The van der Waals surface area contributed by atoms with Crippen LogP contribution in [-0.4, -0.2) is 17.2 Å². The van der Waals surface area contributed by atoms with E-state index in [-0.39, 0.29) is 0 Å². The number of nitrogens with zero attached hydrogens (tertiary/aromatic N) is 1. The van der Waals surface area contributed by atoms with Gasteiger partial charge in [0.1, 0.15) is 5.75 Å². The molecular formula is C8H11NO2. The molecule has 60 valence electrons. The molecule has 3 nitrogen and oxygen atoms in total. The van der Waals surface area contributed by atoms with E-state index in [2.05, 4.69) is 4.98 Å². The van der Waals surface area contributed by atoms with Crippen molar-refractivity contribution < 1.29 is 9.84 Å². The van der Waals surface area contributed by atoms with Gasteiger partial charge >= 0.3 is 0 Å². The number of rotatable bonds is 2. The molecule has 0 saturated heterocycles. The zero-order valence-electron chi connectivity index (χ0n) is 6.61. The quantitative estimate of drug-likeness (QED) is 0.692. The Morgan fingerprint density at radius 2 is 2.36 bits per heavy atom. The van der Waals surface area contributed by atoms with Crippen LogP contribution in [0.5, 0.6) is 5.75 Å². The van der Waals surface area contributed by atoms with Crippen LogP contribution in [0.1, 0.15) is 18.6 Å². The summed E-state index contributed by atoms with van der Waals surface area (Å²) in [4.78, 5) is 3.86. The lowest BCUT2D eigenvalue weighted by Crippen LogP contribution is -1.96. The Kier molecular flexibility index (Phi) is 2.44. The highest BCUT2D eigenvalue weighted by atomic mass is 16.5. The Labute approximate surface area is 65.7 Å². The zero-order valence-corrected chi connectivity index (χ0v) is 6.61. The van der Waals surface area contributed by atoms with Crippen molar-refractivity contribution in [2.75, 3.05) is 7.11 Å². The van der Waals surface area contributed by atoms with Crippen LogP contribution in [0.2, 0.25) is 0 Å². The first-order chi connectivity index (χ1) is 5.25. The molecule has 11 heavy (non-hydrogen) atoms. The second-order valence-corrected chi connectivity index (χ2v) is 2.29. The highest BCUT2D eigenvalue weighted by molar-refractivity contribution is 5.31. The van der Waals surface area contributed by atoms with Crippen LogP contribution in [0.15, 0.2) is 18.5 Å². The van der Waals surface area contributed by atoms with Gasteiger partial charge in [0.2, 0.25) is 0 Å². The number of ether oxygens (including phenoxy) is 1. The van der Waals surface area contributed by atoms with Crippen LogP contribution in [0.25, 0.3) is 0 Å². The van der Waals surface area contributed by atoms with E-state index in [1.165, 1.54) is 0 Å². The van der Waals surface area contributed by atoms with Crippen LogP contribution in [-0.2, 0) is 0 Å². The van der Waals surface area contributed by atoms with Crippen LogP contribution in [0, 0.1) is 0 Å². The highest BCUT2D eigenvalue weighted by Gasteiger charge is 2.06. The summed E-state index contributed by atoms with van der Waals surface area (Å²) in [6.45, 7) is 1.69. The highest BCUT2D eigenvalue weighted by Crippen LogP contribution is 2.22. The predicted molar refractivity (Wildman–Crippen MR) is 41.4 cm³/mol. The van der Waals surface area contributed by atoms with Gasteiger partial charge in [0.15, 0.2) is 0 Å². The molecule has 0 aliphatic carbocycles. The number of methoxy groups -OCH3 is 1. The van der Waals surface area contributed by atoms with Gasteiger partial charge in [0.25, 0.3) is 0 Å². The number of aliphatic hydroxyl groups is 1. The standard InChI is InChI=1S/C8H11NO2/c1-6(10)7-3-4-9-5-8(7)11-2/h3-6,10H,1-2H3/t6-/m1/s1. The largest absolute Gasteiger partial charge is 0.495 e. The normalized spacial score (nSPS) is 12.6. The third kappa shape index (κ3) is 1.68. The second kappa shape index (κ2) is 3.34. The second-order valence-electron chi connectivity index (χ2n) is 2.29. The summed E-state index contributed by atoms with van der Waals surface area (Å²) in [6.07, 6.45) is 2.71. The van der Waals surface area contributed by atoms with Gasteiger partial charge in [-0.3, -0.25) is 4.98 Å². The van der Waals surface area contributed by atoms with Gasteiger partial charge in [-0.1, -0.05) is 0 Å². The molecule has 0 amide bonds. The first-order valence-electron chi connectivity index (χ1n) is 3.41. The van der Waals surface area contributed by atoms with Gasteiger partial charge in [-0.2, -0.15) is 0 Å². The number of aromatic nitrogens is 1. The number of aliphatic hydroxyl groups excluding tert-OH is 1. The van der Waals surface area contributed by atoms with E-state index in [9.17, 15) is 5.11 Å². The van der Waals surface area contributed by atoms with Crippen LogP contribution in [0.4, 0.5) is 0 Å². The SMILES string of the molecule is COc1cnccc1[C@@H](C)O. The van der Waals surface area contributed by atoms with Gasteiger partial charge in [0, 0.05) is 11.8 Å². The van der Waals surface area contributed by atoms with Crippen molar-refractivity contribution in [3.8, 4) is 5.75 Å². The van der Waals surface area contributed by atoms with Crippen LogP contribution >= 0.6 is 0 Å². The lowest BCUT2D eigenvalue weighted by atomic mass is 10.1. The number of hydrogen-bond donors (Lipinski definition) is 1. The molecule has 0 fully saturated rings. The average molecular weight is 153 g/mol. The number of pyridine rings is 1. The van der Waals surface area contributed by atoms with Gasteiger partial charge in [-0.25, -0.2) is 0 Å².